The Morgan fingerprint density at radius 3 is 2.40 bits per heavy atom. The molecule has 1 N–H and O–H groups in total. The number of nitrogens with zero attached hydrogens (tertiary/aromatic N) is 2. The standard InChI is InChI=1S/C21H27N3O6/c1-5-23(13-15-7-10-18(30-6-2)20(11-15)29-4)14-21(25)22-17-9-8-16(24(26)27)12-19(17)28-3/h7-12H,5-6,13-14H2,1-4H3,(H,22,25). The van der Waals surface area contributed by atoms with Crippen LogP contribution in [-0.4, -0.2) is 49.6 Å². The molecule has 0 aromatic heterocycles. The van der Waals surface area contributed by atoms with E-state index in [0.29, 0.717) is 36.9 Å². The fourth-order valence-corrected chi connectivity index (χ4v) is 2.91. The van der Waals surface area contributed by atoms with Crippen LogP contribution >= 0.6 is 0 Å². The molecule has 0 saturated heterocycles. The lowest BCUT2D eigenvalue weighted by molar-refractivity contribution is -0.384. The van der Waals surface area contributed by atoms with E-state index in [9.17, 15) is 14.9 Å². The van der Waals surface area contributed by atoms with E-state index in [2.05, 4.69) is 5.32 Å². The smallest absolute Gasteiger partial charge is 0.273 e. The molecule has 0 unspecified atom stereocenters. The van der Waals surface area contributed by atoms with Gasteiger partial charge in [-0.25, -0.2) is 0 Å². The van der Waals surface area contributed by atoms with Crippen LogP contribution in [0.2, 0.25) is 0 Å². The maximum absolute atomic E-state index is 12.5. The van der Waals surface area contributed by atoms with Crippen LogP contribution in [-0.2, 0) is 11.3 Å². The Morgan fingerprint density at radius 2 is 1.80 bits per heavy atom. The van der Waals surface area contributed by atoms with Crippen molar-refractivity contribution >= 4 is 17.3 Å². The highest BCUT2D eigenvalue weighted by Crippen LogP contribution is 2.30. The monoisotopic (exact) mass is 417 g/mol. The number of ether oxygens (including phenoxy) is 3. The SMILES string of the molecule is CCOc1ccc(CN(CC)CC(=O)Nc2ccc([N+](=O)[O-])cc2OC)cc1OC. The van der Waals surface area contributed by atoms with Crippen molar-refractivity contribution < 1.29 is 23.9 Å². The van der Waals surface area contributed by atoms with E-state index < -0.39 is 4.92 Å². The summed E-state index contributed by atoms with van der Waals surface area (Å²) in [5, 5.41) is 13.7. The van der Waals surface area contributed by atoms with Gasteiger partial charge in [-0.1, -0.05) is 13.0 Å². The van der Waals surface area contributed by atoms with Gasteiger partial charge in [-0.15, -0.1) is 0 Å². The lowest BCUT2D eigenvalue weighted by Gasteiger charge is -2.21. The van der Waals surface area contributed by atoms with Crippen LogP contribution in [0.4, 0.5) is 11.4 Å². The summed E-state index contributed by atoms with van der Waals surface area (Å²) in [5.41, 5.74) is 1.26. The first-order valence-corrected chi connectivity index (χ1v) is 9.56. The molecule has 0 heterocycles. The molecule has 2 aromatic carbocycles. The van der Waals surface area contributed by atoms with Gasteiger partial charge in [0.05, 0.1) is 44.0 Å². The van der Waals surface area contributed by atoms with E-state index in [1.807, 2.05) is 36.9 Å². The largest absolute Gasteiger partial charge is 0.494 e. The fraction of sp³-hybridized carbons (Fsp3) is 0.381. The summed E-state index contributed by atoms with van der Waals surface area (Å²) in [7, 11) is 2.98. The minimum absolute atomic E-state index is 0.107. The molecule has 0 aliphatic carbocycles. The molecule has 0 radical (unpaired) electrons. The average molecular weight is 417 g/mol. The zero-order valence-electron chi connectivity index (χ0n) is 17.6. The number of hydrogen-bond acceptors (Lipinski definition) is 7. The maximum Gasteiger partial charge on any atom is 0.273 e. The number of nitro benzene ring substituents is 1. The highest BCUT2D eigenvalue weighted by Gasteiger charge is 2.16. The Morgan fingerprint density at radius 1 is 1.07 bits per heavy atom. The molecule has 0 atom stereocenters. The third kappa shape index (κ3) is 6.08. The van der Waals surface area contributed by atoms with Crippen molar-refractivity contribution in [2.75, 3.05) is 39.2 Å². The molecular weight excluding hydrogens is 390 g/mol. The predicted octanol–water partition coefficient (Wildman–Crippen LogP) is 3.47. The highest BCUT2D eigenvalue weighted by molar-refractivity contribution is 5.93. The number of non-ortho nitro benzene ring substituents is 1. The molecule has 2 rings (SSSR count). The number of amides is 1. The van der Waals surface area contributed by atoms with Gasteiger partial charge in [0, 0.05) is 12.6 Å². The van der Waals surface area contributed by atoms with E-state index in [1.165, 1.54) is 25.3 Å². The van der Waals surface area contributed by atoms with Gasteiger partial charge in [-0.2, -0.15) is 0 Å². The Bertz CT molecular complexity index is 887. The summed E-state index contributed by atoms with van der Waals surface area (Å²) in [4.78, 5) is 24.9. The zero-order chi connectivity index (χ0) is 22.1. The number of hydrogen-bond donors (Lipinski definition) is 1. The molecule has 1 amide bonds. The maximum atomic E-state index is 12.5. The molecule has 0 bridgehead atoms. The van der Waals surface area contributed by atoms with Crippen LogP contribution in [0.25, 0.3) is 0 Å². The van der Waals surface area contributed by atoms with Crippen molar-refractivity contribution in [3.63, 3.8) is 0 Å². The number of nitrogens with one attached hydrogen (secondary N) is 1. The third-order valence-corrected chi connectivity index (χ3v) is 4.42. The van der Waals surface area contributed by atoms with Crippen molar-refractivity contribution in [2.24, 2.45) is 0 Å². The summed E-state index contributed by atoms with van der Waals surface area (Å²) in [6.45, 7) is 5.76. The second-order valence-corrected chi connectivity index (χ2v) is 6.41. The molecule has 2 aromatic rings. The summed E-state index contributed by atoms with van der Waals surface area (Å²) >= 11 is 0. The van der Waals surface area contributed by atoms with Gasteiger partial charge in [-0.3, -0.25) is 19.8 Å². The van der Waals surface area contributed by atoms with Gasteiger partial charge in [-0.05, 0) is 37.2 Å². The van der Waals surface area contributed by atoms with Gasteiger partial charge >= 0.3 is 0 Å². The van der Waals surface area contributed by atoms with E-state index in [4.69, 9.17) is 14.2 Å². The molecule has 162 valence electrons. The summed E-state index contributed by atoms with van der Waals surface area (Å²) < 4.78 is 16.1. The minimum Gasteiger partial charge on any atom is -0.494 e. The molecule has 9 heteroatoms. The number of carbonyl (C=O) groups is 1. The molecule has 0 fully saturated rings. The molecule has 0 spiro atoms. The Balaban J connectivity index is 2.05. The molecule has 0 saturated carbocycles. The molecular formula is C21H27N3O6. The summed E-state index contributed by atoms with van der Waals surface area (Å²) in [5.74, 6) is 1.30. The lowest BCUT2D eigenvalue weighted by Crippen LogP contribution is -2.32. The van der Waals surface area contributed by atoms with Gasteiger partial charge in [0.15, 0.2) is 11.5 Å². The van der Waals surface area contributed by atoms with Crippen molar-refractivity contribution in [3.05, 3.63) is 52.1 Å². The lowest BCUT2D eigenvalue weighted by atomic mass is 10.2. The van der Waals surface area contributed by atoms with E-state index in [0.717, 1.165) is 5.56 Å². The second-order valence-electron chi connectivity index (χ2n) is 6.41. The minimum atomic E-state index is -0.516. The number of anilines is 1. The number of likely N-dealkylation sites (N-methyl/N-ethyl adjacent to an activating group) is 1. The van der Waals surface area contributed by atoms with Crippen molar-refractivity contribution in [1.82, 2.24) is 4.90 Å². The first kappa shape index (κ1) is 23.0. The molecule has 9 nitrogen and oxygen atoms in total. The van der Waals surface area contributed by atoms with Crippen LogP contribution in [0.5, 0.6) is 17.2 Å². The van der Waals surface area contributed by atoms with E-state index >= 15 is 0 Å². The summed E-state index contributed by atoms with van der Waals surface area (Å²) in [6, 6.07) is 9.75. The third-order valence-electron chi connectivity index (χ3n) is 4.42. The molecule has 30 heavy (non-hydrogen) atoms. The van der Waals surface area contributed by atoms with Gasteiger partial charge in [0.25, 0.3) is 5.69 Å². The van der Waals surface area contributed by atoms with E-state index in [-0.39, 0.29) is 23.9 Å². The first-order chi connectivity index (χ1) is 14.4. The topological polar surface area (TPSA) is 103 Å². The van der Waals surface area contributed by atoms with Gasteiger partial charge < -0.3 is 19.5 Å². The second kappa shape index (κ2) is 11.0. The van der Waals surface area contributed by atoms with Crippen LogP contribution < -0.4 is 19.5 Å². The Kier molecular flexibility index (Phi) is 8.42. The highest BCUT2D eigenvalue weighted by atomic mass is 16.6. The van der Waals surface area contributed by atoms with Gasteiger partial charge in [0.2, 0.25) is 5.91 Å². The average Bonchev–Trinajstić information content (AvgIpc) is 2.74. The first-order valence-electron chi connectivity index (χ1n) is 9.56. The number of methoxy groups -OCH3 is 2. The Hall–Kier alpha value is -3.33. The zero-order valence-corrected chi connectivity index (χ0v) is 17.6. The number of rotatable bonds is 11. The number of nitro groups is 1. The van der Waals surface area contributed by atoms with Crippen LogP contribution in [0.15, 0.2) is 36.4 Å². The fourth-order valence-electron chi connectivity index (χ4n) is 2.91. The Labute approximate surface area is 175 Å². The number of benzene rings is 2. The molecule has 0 aliphatic rings. The molecule has 0 aliphatic heterocycles. The van der Waals surface area contributed by atoms with Crippen molar-refractivity contribution in [2.45, 2.75) is 20.4 Å². The predicted molar refractivity (Wildman–Crippen MR) is 113 cm³/mol. The van der Waals surface area contributed by atoms with Crippen molar-refractivity contribution in [3.8, 4) is 17.2 Å². The van der Waals surface area contributed by atoms with Crippen LogP contribution in [0, 0.1) is 10.1 Å². The van der Waals surface area contributed by atoms with Gasteiger partial charge in [0.1, 0.15) is 5.75 Å². The van der Waals surface area contributed by atoms with E-state index in [1.54, 1.807) is 7.11 Å². The van der Waals surface area contributed by atoms with Crippen LogP contribution in [0.3, 0.4) is 0 Å². The number of carbonyl (C=O) groups excluding carboxylic acids is 1. The van der Waals surface area contributed by atoms with Crippen molar-refractivity contribution in [1.29, 1.82) is 0 Å². The summed E-state index contributed by atoms with van der Waals surface area (Å²) in [6.07, 6.45) is 0. The normalized spacial score (nSPS) is 10.6. The quantitative estimate of drug-likeness (QED) is 0.441. The van der Waals surface area contributed by atoms with Crippen LogP contribution in [0.1, 0.15) is 19.4 Å².